The first-order valence-electron chi connectivity index (χ1n) is 10.7. The van der Waals surface area contributed by atoms with Crippen molar-refractivity contribution in [1.82, 2.24) is 9.55 Å². The maximum absolute atomic E-state index is 12.4. The molecule has 0 radical (unpaired) electrons. The van der Waals surface area contributed by atoms with Gasteiger partial charge in [0.05, 0.1) is 30.0 Å². The summed E-state index contributed by atoms with van der Waals surface area (Å²) >= 11 is 0. The van der Waals surface area contributed by atoms with Crippen molar-refractivity contribution in [2.24, 2.45) is 7.05 Å². The molecule has 158 valence electrons. The Kier molecular flexibility index (Phi) is 4.99. The molecule has 0 bridgehead atoms. The molecular weight excluding hydrogens is 398 g/mol. The molecule has 32 heavy (non-hydrogen) atoms. The highest BCUT2D eigenvalue weighted by Gasteiger charge is 2.26. The molecule has 5 nitrogen and oxygen atoms in total. The van der Waals surface area contributed by atoms with Gasteiger partial charge in [-0.1, -0.05) is 18.2 Å². The maximum atomic E-state index is 12.4. The van der Waals surface area contributed by atoms with Crippen LogP contribution >= 0.6 is 0 Å². The number of ether oxygens (including phenoxy) is 1. The summed E-state index contributed by atoms with van der Waals surface area (Å²) in [4.78, 5) is 17.1. The highest BCUT2D eigenvalue weighted by Crippen LogP contribution is 2.40. The molecule has 0 amide bonds. The molecule has 1 aliphatic carbocycles. The second-order valence-electron chi connectivity index (χ2n) is 8.40. The molecule has 2 heterocycles. The van der Waals surface area contributed by atoms with Crippen molar-refractivity contribution in [1.29, 1.82) is 5.26 Å². The zero-order chi connectivity index (χ0) is 22.2. The molecule has 4 aromatic rings. The summed E-state index contributed by atoms with van der Waals surface area (Å²) in [6.07, 6.45) is 6.84. The normalized spacial score (nSPS) is 13.2. The van der Waals surface area contributed by atoms with E-state index in [4.69, 9.17) is 4.74 Å². The SMILES string of the molecule is COC(=O)c1cc(C2CC2)cnc1Cc1ccc2c(c1)c(-c1cccc(C#N)c1)cn2C. The summed E-state index contributed by atoms with van der Waals surface area (Å²) in [5, 5.41) is 10.4. The highest BCUT2D eigenvalue weighted by molar-refractivity contribution is 5.97. The minimum Gasteiger partial charge on any atom is -0.465 e. The number of hydrogen-bond donors (Lipinski definition) is 0. The molecule has 0 unspecified atom stereocenters. The fourth-order valence-corrected chi connectivity index (χ4v) is 4.31. The van der Waals surface area contributed by atoms with Crippen LogP contribution in [0, 0.1) is 11.3 Å². The van der Waals surface area contributed by atoms with E-state index in [1.807, 2.05) is 43.6 Å². The number of hydrogen-bond acceptors (Lipinski definition) is 4. The molecule has 0 saturated heterocycles. The summed E-state index contributed by atoms with van der Waals surface area (Å²) in [6.45, 7) is 0. The van der Waals surface area contributed by atoms with E-state index in [1.165, 1.54) is 7.11 Å². The van der Waals surface area contributed by atoms with Crippen LogP contribution < -0.4 is 0 Å². The molecular formula is C27H23N3O2. The summed E-state index contributed by atoms with van der Waals surface area (Å²) < 4.78 is 7.13. The molecule has 0 atom stereocenters. The summed E-state index contributed by atoms with van der Waals surface area (Å²) in [7, 11) is 3.43. The lowest BCUT2D eigenvalue weighted by atomic mass is 9.98. The second-order valence-corrected chi connectivity index (χ2v) is 8.40. The molecule has 5 rings (SSSR count). The fourth-order valence-electron chi connectivity index (χ4n) is 4.31. The third kappa shape index (κ3) is 3.65. The van der Waals surface area contributed by atoms with E-state index >= 15 is 0 Å². The van der Waals surface area contributed by atoms with Crippen LogP contribution in [-0.4, -0.2) is 22.6 Å². The monoisotopic (exact) mass is 421 g/mol. The zero-order valence-electron chi connectivity index (χ0n) is 18.1. The Morgan fingerprint density at radius 1 is 1.22 bits per heavy atom. The summed E-state index contributed by atoms with van der Waals surface area (Å²) in [5.74, 6) is 0.178. The van der Waals surface area contributed by atoms with Gasteiger partial charge in [0.2, 0.25) is 0 Å². The van der Waals surface area contributed by atoms with Crippen molar-refractivity contribution in [3.63, 3.8) is 0 Å². The van der Waals surface area contributed by atoms with Crippen molar-refractivity contribution < 1.29 is 9.53 Å². The van der Waals surface area contributed by atoms with Crippen LogP contribution in [0.5, 0.6) is 0 Å². The Balaban J connectivity index is 1.56. The van der Waals surface area contributed by atoms with Gasteiger partial charge in [-0.05, 0) is 65.8 Å². The van der Waals surface area contributed by atoms with Crippen LogP contribution in [-0.2, 0) is 18.2 Å². The lowest BCUT2D eigenvalue weighted by Gasteiger charge is -2.10. The molecule has 1 fully saturated rings. The number of nitriles is 1. The summed E-state index contributed by atoms with van der Waals surface area (Å²) in [5.41, 5.74) is 7.29. The smallest absolute Gasteiger partial charge is 0.339 e. The van der Waals surface area contributed by atoms with Crippen molar-refractivity contribution in [2.45, 2.75) is 25.2 Å². The van der Waals surface area contributed by atoms with Crippen molar-refractivity contribution in [2.75, 3.05) is 7.11 Å². The number of nitrogens with zero attached hydrogens (tertiary/aromatic N) is 3. The van der Waals surface area contributed by atoms with Gasteiger partial charge in [0, 0.05) is 42.3 Å². The van der Waals surface area contributed by atoms with Gasteiger partial charge in [-0.2, -0.15) is 5.26 Å². The number of aryl methyl sites for hydroxylation is 1. The average Bonchev–Trinajstić information content (AvgIpc) is 3.62. The number of carbonyl (C=O) groups is 1. The number of methoxy groups -OCH3 is 1. The number of fused-ring (bicyclic) bond motifs is 1. The molecule has 2 aromatic heterocycles. The number of carbonyl (C=O) groups excluding carboxylic acids is 1. The Hall–Kier alpha value is -3.91. The van der Waals surface area contributed by atoms with Gasteiger partial charge in [-0.3, -0.25) is 4.98 Å². The molecule has 0 N–H and O–H groups in total. The van der Waals surface area contributed by atoms with Crippen LogP contribution in [0.15, 0.2) is 60.9 Å². The minimum atomic E-state index is -0.343. The molecule has 1 aliphatic rings. The quantitative estimate of drug-likeness (QED) is 0.407. The number of esters is 1. The van der Waals surface area contributed by atoms with Gasteiger partial charge in [-0.25, -0.2) is 4.79 Å². The average molecular weight is 422 g/mol. The van der Waals surface area contributed by atoms with Crippen molar-refractivity contribution >= 4 is 16.9 Å². The van der Waals surface area contributed by atoms with Gasteiger partial charge >= 0.3 is 5.97 Å². The third-order valence-electron chi connectivity index (χ3n) is 6.17. The van der Waals surface area contributed by atoms with E-state index in [9.17, 15) is 10.1 Å². The zero-order valence-corrected chi connectivity index (χ0v) is 18.1. The van der Waals surface area contributed by atoms with Crippen LogP contribution in [0.25, 0.3) is 22.0 Å². The third-order valence-corrected chi connectivity index (χ3v) is 6.17. The first-order chi connectivity index (χ1) is 15.6. The minimum absolute atomic E-state index is 0.343. The van der Waals surface area contributed by atoms with Gasteiger partial charge in [0.15, 0.2) is 0 Å². The molecule has 0 aliphatic heterocycles. The van der Waals surface area contributed by atoms with Crippen molar-refractivity contribution in [3.8, 4) is 17.2 Å². The van der Waals surface area contributed by atoms with Gasteiger partial charge in [0.1, 0.15) is 0 Å². The van der Waals surface area contributed by atoms with Gasteiger partial charge in [-0.15, -0.1) is 0 Å². The van der Waals surface area contributed by atoms with E-state index in [1.54, 1.807) is 0 Å². The summed E-state index contributed by atoms with van der Waals surface area (Å²) in [6, 6.07) is 18.1. The van der Waals surface area contributed by atoms with Crippen LogP contribution in [0.4, 0.5) is 0 Å². The first-order valence-corrected chi connectivity index (χ1v) is 10.7. The van der Waals surface area contributed by atoms with Crippen LogP contribution in [0.3, 0.4) is 0 Å². The van der Waals surface area contributed by atoms with E-state index in [-0.39, 0.29) is 5.97 Å². The number of rotatable bonds is 5. The van der Waals surface area contributed by atoms with Gasteiger partial charge < -0.3 is 9.30 Å². The standard InChI is InChI=1S/C27H23N3O2/c1-30-16-24(20-5-3-4-18(10-20)14-28)22-11-17(6-9-26(22)30)12-25-23(27(31)32-2)13-21(15-29-25)19-7-8-19/h3-6,9-11,13,15-16,19H,7-8,12H2,1-2H3. The Bertz CT molecular complexity index is 1390. The molecule has 0 spiro atoms. The number of benzene rings is 2. The lowest BCUT2D eigenvalue weighted by molar-refractivity contribution is 0.0599. The number of pyridine rings is 1. The predicted octanol–water partition coefficient (Wildman–Crippen LogP) is 5.37. The second kappa shape index (κ2) is 7.97. The predicted molar refractivity (Wildman–Crippen MR) is 123 cm³/mol. The Labute approximate surface area is 186 Å². The lowest BCUT2D eigenvalue weighted by Crippen LogP contribution is -2.09. The maximum Gasteiger partial charge on any atom is 0.339 e. The van der Waals surface area contributed by atoms with Crippen LogP contribution in [0.2, 0.25) is 0 Å². The van der Waals surface area contributed by atoms with Crippen LogP contribution in [0.1, 0.15) is 51.5 Å². The molecule has 5 heteroatoms. The number of aromatic nitrogens is 2. The largest absolute Gasteiger partial charge is 0.465 e. The Morgan fingerprint density at radius 2 is 2.06 bits per heavy atom. The van der Waals surface area contributed by atoms with E-state index in [2.05, 4.69) is 40.0 Å². The van der Waals surface area contributed by atoms with Crippen molar-refractivity contribution in [3.05, 3.63) is 88.9 Å². The topological polar surface area (TPSA) is 67.9 Å². The Morgan fingerprint density at radius 3 is 2.81 bits per heavy atom. The fraction of sp³-hybridized carbons (Fsp3) is 0.222. The molecule has 2 aromatic carbocycles. The first kappa shape index (κ1) is 20.0. The van der Waals surface area contributed by atoms with E-state index < -0.39 is 0 Å². The highest BCUT2D eigenvalue weighted by atomic mass is 16.5. The van der Waals surface area contributed by atoms with E-state index in [0.29, 0.717) is 23.5 Å². The van der Waals surface area contributed by atoms with Gasteiger partial charge in [0.25, 0.3) is 0 Å². The molecule has 1 saturated carbocycles. The van der Waals surface area contributed by atoms with E-state index in [0.717, 1.165) is 51.7 Å².